The first-order valence-corrected chi connectivity index (χ1v) is 8.14. The highest BCUT2D eigenvalue weighted by atomic mass is 19.3. The van der Waals surface area contributed by atoms with Crippen molar-refractivity contribution in [3.63, 3.8) is 0 Å². The van der Waals surface area contributed by atoms with E-state index in [1.54, 1.807) is 36.4 Å². The molecule has 4 aromatic rings. The summed E-state index contributed by atoms with van der Waals surface area (Å²) in [6, 6.07) is 14.3. The molecule has 0 aliphatic carbocycles. The summed E-state index contributed by atoms with van der Waals surface area (Å²) in [5.41, 5.74) is 1.04. The molecule has 4 nitrogen and oxygen atoms in total. The Morgan fingerprint density at radius 3 is 2.59 bits per heavy atom. The zero-order valence-electron chi connectivity index (χ0n) is 14.2. The molecule has 0 aliphatic rings. The van der Waals surface area contributed by atoms with Gasteiger partial charge in [-0.1, -0.05) is 24.3 Å². The monoisotopic (exact) mass is 369 g/mol. The maximum absolute atomic E-state index is 14.2. The SMILES string of the molecule is COc1cccc(-c2cc(C(F)F)c3cnn(-c4ccccc4F)c3n2)c1. The summed E-state index contributed by atoms with van der Waals surface area (Å²) in [4.78, 5) is 4.49. The highest BCUT2D eigenvalue weighted by Gasteiger charge is 2.20. The summed E-state index contributed by atoms with van der Waals surface area (Å²) in [5, 5.41) is 4.27. The molecule has 0 amide bonds. The lowest BCUT2D eigenvalue weighted by atomic mass is 10.1. The van der Waals surface area contributed by atoms with E-state index in [1.807, 2.05) is 0 Å². The first-order valence-electron chi connectivity index (χ1n) is 8.14. The molecule has 0 atom stereocenters. The van der Waals surface area contributed by atoms with Crippen molar-refractivity contribution in [3.8, 4) is 22.7 Å². The van der Waals surface area contributed by atoms with E-state index in [9.17, 15) is 13.2 Å². The summed E-state index contributed by atoms with van der Waals surface area (Å²) in [7, 11) is 1.52. The number of hydrogen-bond acceptors (Lipinski definition) is 3. The maximum atomic E-state index is 14.2. The largest absolute Gasteiger partial charge is 0.497 e. The van der Waals surface area contributed by atoms with Crippen LogP contribution in [0.15, 0.2) is 60.8 Å². The molecule has 0 unspecified atom stereocenters. The molecule has 27 heavy (non-hydrogen) atoms. The van der Waals surface area contributed by atoms with Crippen LogP contribution in [0.1, 0.15) is 12.0 Å². The number of aromatic nitrogens is 3. The minimum absolute atomic E-state index is 0.142. The van der Waals surface area contributed by atoms with E-state index >= 15 is 0 Å². The van der Waals surface area contributed by atoms with Crippen LogP contribution in [0.25, 0.3) is 28.0 Å². The van der Waals surface area contributed by atoms with Crippen LogP contribution in [0.4, 0.5) is 13.2 Å². The molecule has 2 heterocycles. The topological polar surface area (TPSA) is 39.9 Å². The van der Waals surface area contributed by atoms with E-state index in [2.05, 4.69) is 10.1 Å². The van der Waals surface area contributed by atoms with Gasteiger partial charge in [0.05, 0.1) is 19.0 Å². The summed E-state index contributed by atoms with van der Waals surface area (Å²) in [6.45, 7) is 0. The van der Waals surface area contributed by atoms with Gasteiger partial charge in [-0.05, 0) is 30.3 Å². The molecular weight excluding hydrogens is 355 g/mol. The van der Waals surface area contributed by atoms with Crippen molar-refractivity contribution in [1.82, 2.24) is 14.8 Å². The van der Waals surface area contributed by atoms with Crippen LogP contribution < -0.4 is 4.74 Å². The van der Waals surface area contributed by atoms with Crippen molar-refractivity contribution in [2.24, 2.45) is 0 Å². The van der Waals surface area contributed by atoms with Crippen LogP contribution in [0.3, 0.4) is 0 Å². The molecule has 0 fully saturated rings. The minimum atomic E-state index is -2.72. The fraction of sp³-hybridized carbons (Fsp3) is 0.100. The van der Waals surface area contributed by atoms with Gasteiger partial charge in [0, 0.05) is 16.5 Å². The first-order chi connectivity index (χ1) is 13.1. The van der Waals surface area contributed by atoms with Crippen LogP contribution in [0, 0.1) is 5.82 Å². The second-order valence-electron chi connectivity index (χ2n) is 5.87. The van der Waals surface area contributed by atoms with E-state index in [0.29, 0.717) is 17.0 Å². The minimum Gasteiger partial charge on any atom is -0.497 e. The van der Waals surface area contributed by atoms with E-state index in [4.69, 9.17) is 4.74 Å². The van der Waals surface area contributed by atoms with Gasteiger partial charge in [0.2, 0.25) is 0 Å². The first kappa shape index (κ1) is 17.1. The number of nitrogens with zero attached hydrogens (tertiary/aromatic N) is 3. The van der Waals surface area contributed by atoms with Crippen LogP contribution in [-0.2, 0) is 0 Å². The van der Waals surface area contributed by atoms with Crippen LogP contribution in [-0.4, -0.2) is 21.9 Å². The third-order valence-corrected chi connectivity index (χ3v) is 4.25. The smallest absolute Gasteiger partial charge is 0.264 e. The Bertz CT molecular complexity index is 1120. The second kappa shape index (κ2) is 6.75. The molecule has 4 rings (SSSR count). The predicted molar refractivity (Wildman–Crippen MR) is 95.8 cm³/mol. The van der Waals surface area contributed by atoms with Gasteiger partial charge in [0.1, 0.15) is 17.3 Å². The van der Waals surface area contributed by atoms with E-state index in [0.717, 1.165) is 0 Å². The highest BCUT2D eigenvalue weighted by molar-refractivity contribution is 5.84. The lowest BCUT2D eigenvalue weighted by Gasteiger charge is -2.10. The average Bonchev–Trinajstić information content (AvgIpc) is 3.11. The lowest BCUT2D eigenvalue weighted by molar-refractivity contribution is 0.153. The maximum Gasteiger partial charge on any atom is 0.264 e. The van der Waals surface area contributed by atoms with Gasteiger partial charge in [-0.15, -0.1) is 0 Å². The number of halogens is 3. The summed E-state index contributed by atoms with van der Waals surface area (Å²) < 4.78 is 48.0. The van der Waals surface area contributed by atoms with Crippen LogP contribution >= 0.6 is 0 Å². The highest BCUT2D eigenvalue weighted by Crippen LogP contribution is 2.33. The number of alkyl halides is 2. The van der Waals surface area contributed by atoms with Crippen molar-refractivity contribution < 1.29 is 17.9 Å². The molecule has 136 valence electrons. The Labute approximate surface area is 152 Å². The van der Waals surface area contributed by atoms with Crippen molar-refractivity contribution in [2.75, 3.05) is 7.11 Å². The van der Waals surface area contributed by atoms with Gasteiger partial charge in [0.25, 0.3) is 6.43 Å². The zero-order valence-corrected chi connectivity index (χ0v) is 14.2. The number of methoxy groups -OCH3 is 1. The molecule has 2 aromatic carbocycles. The fourth-order valence-corrected chi connectivity index (χ4v) is 2.94. The van der Waals surface area contributed by atoms with Gasteiger partial charge in [0.15, 0.2) is 5.65 Å². The number of ether oxygens (including phenoxy) is 1. The lowest BCUT2D eigenvalue weighted by Crippen LogP contribution is -2.02. The molecule has 0 saturated carbocycles. The summed E-state index contributed by atoms with van der Waals surface area (Å²) in [5.74, 6) is 0.0604. The number of hydrogen-bond donors (Lipinski definition) is 0. The Morgan fingerprint density at radius 1 is 1.04 bits per heavy atom. The Hall–Kier alpha value is -3.35. The van der Waals surface area contributed by atoms with Gasteiger partial charge < -0.3 is 4.74 Å². The van der Waals surface area contributed by atoms with E-state index < -0.39 is 12.2 Å². The second-order valence-corrected chi connectivity index (χ2v) is 5.87. The van der Waals surface area contributed by atoms with Crippen molar-refractivity contribution in [2.45, 2.75) is 6.43 Å². The molecule has 0 spiro atoms. The molecular formula is C20H14F3N3O. The van der Waals surface area contributed by atoms with Gasteiger partial charge >= 0.3 is 0 Å². The molecule has 0 bridgehead atoms. The average molecular weight is 369 g/mol. The molecule has 7 heteroatoms. The fourth-order valence-electron chi connectivity index (χ4n) is 2.94. The van der Waals surface area contributed by atoms with Crippen molar-refractivity contribution in [3.05, 3.63) is 72.2 Å². The number of fused-ring (bicyclic) bond motifs is 1. The molecule has 0 N–H and O–H groups in total. The normalized spacial score (nSPS) is 11.3. The summed E-state index contributed by atoms with van der Waals surface area (Å²) in [6.07, 6.45) is -1.44. The van der Waals surface area contributed by atoms with Crippen LogP contribution in [0.2, 0.25) is 0 Å². The Balaban J connectivity index is 1.99. The Kier molecular flexibility index (Phi) is 4.27. The van der Waals surface area contributed by atoms with Gasteiger partial charge in [-0.3, -0.25) is 0 Å². The van der Waals surface area contributed by atoms with Gasteiger partial charge in [-0.25, -0.2) is 22.8 Å². The molecule has 0 aliphatic heterocycles. The zero-order chi connectivity index (χ0) is 19.0. The van der Waals surface area contributed by atoms with E-state index in [-0.39, 0.29) is 22.3 Å². The predicted octanol–water partition coefficient (Wildman–Crippen LogP) is 5.17. The van der Waals surface area contributed by atoms with Gasteiger partial charge in [-0.2, -0.15) is 5.10 Å². The van der Waals surface area contributed by atoms with Crippen molar-refractivity contribution in [1.29, 1.82) is 0 Å². The van der Waals surface area contributed by atoms with Crippen LogP contribution in [0.5, 0.6) is 5.75 Å². The number of pyridine rings is 1. The summed E-state index contributed by atoms with van der Waals surface area (Å²) >= 11 is 0. The third kappa shape index (κ3) is 3.01. The number of rotatable bonds is 4. The molecule has 0 saturated heterocycles. The van der Waals surface area contributed by atoms with E-state index in [1.165, 1.54) is 36.2 Å². The number of benzene rings is 2. The molecule has 0 radical (unpaired) electrons. The molecule has 2 aromatic heterocycles. The standard InChI is InChI=1S/C20H14F3N3O/c1-27-13-6-4-5-12(9-13)17-10-14(19(22)23)15-11-24-26(20(15)25-17)18-8-3-2-7-16(18)21/h2-11,19H,1H3. The quantitative estimate of drug-likeness (QED) is 0.498. The van der Waals surface area contributed by atoms with Crippen molar-refractivity contribution >= 4 is 11.0 Å². The number of para-hydroxylation sites is 1. The Morgan fingerprint density at radius 2 is 1.85 bits per heavy atom. The third-order valence-electron chi connectivity index (χ3n) is 4.25.